The van der Waals surface area contributed by atoms with E-state index in [9.17, 15) is 13.2 Å². The average Bonchev–Trinajstić information content (AvgIpc) is 3.49. The molecule has 1 atom stereocenters. The first-order valence-electron chi connectivity index (χ1n) is 9.88. The van der Waals surface area contributed by atoms with Crippen LogP contribution in [0.4, 0.5) is 0 Å². The van der Waals surface area contributed by atoms with E-state index in [2.05, 4.69) is 14.9 Å². The molecule has 1 aliphatic heterocycles. The number of ether oxygens (including phenoxy) is 2. The Balaban J connectivity index is 1.41. The molecule has 1 aromatic heterocycles. The topological polar surface area (TPSA) is 121 Å². The quantitative estimate of drug-likeness (QED) is 0.491. The number of nitrogens with one attached hydrogen (secondary N) is 1. The van der Waals surface area contributed by atoms with Gasteiger partial charge in [0.25, 0.3) is 5.89 Å². The van der Waals surface area contributed by atoms with E-state index in [0.717, 1.165) is 18.4 Å². The lowest BCUT2D eigenvalue weighted by Gasteiger charge is -2.13. The molecule has 168 valence electrons. The largest absolute Gasteiger partial charge is 0.452 e. The number of esters is 1. The summed E-state index contributed by atoms with van der Waals surface area (Å²) in [7, 11) is -3.94. The highest BCUT2D eigenvalue weighted by atomic mass is 35.5. The SMILES string of the molecule is O=C(OCc1nnc(-c2ccccc2)o1)c1ccc(Cl)c(S(=O)(=O)NC[C@H]2CCCO2)c1. The fourth-order valence-electron chi connectivity index (χ4n) is 3.14. The minimum Gasteiger partial charge on any atom is -0.452 e. The highest BCUT2D eigenvalue weighted by molar-refractivity contribution is 7.89. The molecule has 2 aromatic carbocycles. The number of aromatic nitrogens is 2. The summed E-state index contributed by atoms with van der Waals surface area (Å²) in [5.74, 6) is -0.345. The van der Waals surface area contributed by atoms with E-state index in [0.29, 0.717) is 12.5 Å². The second-order valence-corrected chi connectivity index (χ2v) is 9.22. The third-order valence-electron chi connectivity index (χ3n) is 4.80. The van der Waals surface area contributed by atoms with Gasteiger partial charge in [0.15, 0.2) is 6.61 Å². The molecule has 0 spiro atoms. The molecule has 0 radical (unpaired) electrons. The van der Waals surface area contributed by atoms with E-state index in [1.54, 1.807) is 0 Å². The summed E-state index contributed by atoms with van der Waals surface area (Å²) in [6, 6.07) is 13.0. The number of nitrogens with zero attached hydrogens (tertiary/aromatic N) is 2. The Hall–Kier alpha value is -2.79. The molecule has 9 nitrogen and oxygen atoms in total. The van der Waals surface area contributed by atoms with Crippen molar-refractivity contribution >= 4 is 27.6 Å². The van der Waals surface area contributed by atoms with Gasteiger partial charge in [-0.05, 0) is 43.2 Å². The van der Waals surface area contributed by atoms with Crippen LogP contribution in [0.3, 0.4) is 0 Å². The number of rotatable bonds is 8. The van der Waals surface area contributed by atoms with Crippen LogP contribution in [-0.4, -0.2) is 43.8 Å². The lowest BCUT2D eigenvalue weighted by molar-refractivity contribution is 0.0438. The smallest absolute Gasteiger partial charge is 0.338 e. The van der Waals surface area contributed by atoms with Gasteiger partial charge in [-0.15, -0.1) is 10.2 Å². The zero-order valence-corrected chi connectivity index (χ0v) is 18.4. The summed E-state index contributed by atoms with van der Waals surface area (Å²) in [6.45, 7) is 0.482. The summed E-state index contributed by atoms with van der Waals surface area (Å²) in [5.41, 5.74) is 0.760. The molecule has 1 N–H and O–H groups in total. The van der Waals surface area contributed by atoms with Gasteiger partial charge in [-0.2, -0.15) is 0 Å². The maximum atomic E-state index is 12.7. The Kier molecular flexibility index (Phi) is 6.85. The number of hydrogen-bond acceptors (Lipinski definition) is 8. The van der Waals surface area contributed by atoms with E-state index in [1.807, 2.05) is 30.3 Å². The van der Waals surface area contributed by atoms with Crippen molar-refractivity contribution in [1.82, 2.24) is 14.9 Å². The zero-order valence-electron chi connectivity index (χ0n) is 16.9. The molecule has 0 aliphatic carbocycles. The lowest BCUT2D eigenvalue weighted by Crippen LogP contribution is -2.32. The van der Waals surface area contributed by atoms with Crippen LogP contribution in [0.1, 0.15) is 29.1 Å². The van der Waals surface area contributed by atoms with Crippen molar-refractivity contribution in [2.75, 3.05) is 13.2 Å². The van der Waals surface area contributed by atoms with Crippen LogP contribution in [-0.2, 0) is 26.1 Å². The molecule has 32 heavy (non-hydrogen) atoms. The lowest BCUT2D eigenvalue weighted by atomic mass is 10.2. The molecule has 0 unspecified atom stereocenters. The van der Waals surface area contributed by atoms with Crippen molar-refractivity contribution in [3.8, 4) is 11.5 Å². The van der Waals surface area contributed by atoms with Crippen molar-refractivity contribution in [3.63, 3.8) is 0 Å². The van der Waals surface area contributed by atoms with Crippen LogP contribution in [0, 0.1) is 0 Å². The second kappa shape index (κ2) is 9.78. The predicted octanol–water partition coefficient (Wildman–Crippen LogP) is 3.20. The molecule has 2 heterocycles. The Morgan fingerprint density at radius 1 is 1.19 bits per heavy atom. The van der Waals surface area contributed by atoms with Gasteiger partial charge in [-0.25, -0.2) is 17.9 Å². The van der Waals surface area contributed by atoms with Crippen molar-refractivity contribution in [1.29, 1.82) is 0 Å². The normalized spacial score (nSPS) is 16.2. The third-order valence-corrected chi connectivity index (χ3v) is 6.70. The van der Waals surface area contributed by atoms with E-state index in [-0.39, 0.29) is 40.6 Å². The van der Waals surface area contributed by atoms with Gasteiger partial charge in [0.05, 0.1) is 16.7 Å². The monoisotopic (exact) mass is 477 g/mol. The number of benzene rings is 2. The fourth-order valence-corrected chi connectivity index (χ4v) is 4.73. The summed E-state index contributed by atoms with van der Waals surface area (Å²) in [5, 5.41) is 7.77. The van der Waals surface area contributed by atoms with Crippen molar-refractivity contribution in [2.24, 2.45) is 0 Å². The molecular weight excluding hydrogens is 458 g/mol. The van der Waals surface area contributed by atoms with Crippen LogP contribution >= 0.6 is 11.6 Å². The summed E-state index contributed by atoms with van der Waals surface area (Å²) >= 11 is 6.08. The van der Waals surface area contributed by atoms with Gasteiger partial charge in [0.1, 0.15) is 4.90 Å². The second-order valence-electron chi connectivity index (χ2n) is 7.08. The molecule has 0 saturated carbocycles. The Labute approximate surface area is 189 Å². The Morgan fingerprint density at radius 2 is 2.00 bits per heavy atom. The summed E-state index contributed by atoms with van der Waals surface area (Å²) in [4.78, 5) is 12.2. The van der Waals surface area contributed by atoms with Crippen molar-refractivity contribution < 1.29 is 27.1 Å². The van der Waals surface area contributed by atoms with Crippen molar-refractivity contribution in [3.05, 3.63) is 65.0 Å². The number of carbonyl (C=O) groups excluding carboxylic acids is 1. The zero-order chi connectivity index (χ0) is 22.6. The van der Waals surface area contributed by atoms with Crippen LogP contribution in [0.15, 0.2) is 57.8 Å². The molecule has 0 bridgehead atoms. The fraction of sp³-hybridized carbons (Fsp3) is 0.286. The molecule has 11 heteroatoms. The highest BCUT2D eigenvalue weighted by Crippen LogP contribution is 2.24. The maximum absolute atomic E-state index is 12.7. The van der Waals surface area contributed by atoms with Crippen molar-refractivity contribution in [2.45, 2.75) is 30.4 Å². The number of halogens is 1. The van der Waals surface area contributed by atoms with E-state index >= 15 is 0 Å². The molecule has 3 aromatic rings. The number of carbonyl (C=O) groups is 1. The van der Waals surface area contributed by atoms with Crippen LogP contribution in [0.2, 0.25) is 5.02 Å². The van der Waals surface area contributed by atoms with Crippen LogP contribution in [0.5, 0.6) is 0 Å². The van der Waals surface area contributed by atoms with E-state index in [4.69, 9.17) is 25.5 Å². The first kappa shape index (κ1) is 22.4. The molecular formula is C21H20ClN3O6S. The van der Waals surface area contributed by atoms with Gasteiger partial charge < -0.3 is 13.9 Å². The van der Waals surface area contributed by atoms with Gasteiger partial charge in [0.2, 0.25) is 15.9 Å². The average molecular weight is 478 g/mol. The van der Waals surface area contributed by atoms with Gasteiger partial charge >= 0.3 is 5.97 Å². The number of sulfonamides is 1. The minimum atomic E-state index is -3.94. The summed E-state index contributed by atoms with van der Waals surface area (Å²) < 4.78 is 43.9. The van der Waals surface area contributed by atoms with E-state index < -0.39 is 16.0 Å². The maximum Gasteiger partial charge on any atom is 0.338 e. The first-order chi connectivity index (χ1) is 15.4. The highest BCUT2D eigenvalue weighted by Gasteiger charge is 2.24. The number of hydrogen-bond donors (Lipinski definition) is 1. The first-order valence-corrected chi connectivity index (χ1v) is 11.7. The van der Waals surface area contributed by atoms with Gasteiger partial charge in [0, 0.05) is 18.7 Å². The predicted molar refractivity (Wildman–Crippen MR) is 114 cm³/mol. The molecule has 1 aliphatic rings. The van der Waals surface area contributed by atoms with Gasteiger partial charge in [-0.1, -0.05) is 29.8 Å². The van der Waals surface area contributed by atoms with Crippen LogP contribution < -0.4 is 4.72 Å². The molecule has 4 rings (SSSR count). The Bertz CT molecular complexity index is 1190. The standard InChI is InChI=1S/C21H20ClN3O6S/c22-17-9-8-15(11-18(17)32(27,28)23-12-16-7-4-10-29-16)21(26)30-13-19-24-25-20(31-19)14-5-2-1-3-6-14/h1-3,5-6,8-9,11,16,23H,4,7,10,12-13H2/t16-/m1/s1. The van der Waals surface area contributed by atoms with Crippen LogP contribution in [0.25, 0.3) is 11.5 Å². The minimum absolute atomic E-state index is 0.00852. The molecule has 1 fully saturated rings. The summed E-state index contributed by atoms with van der Waals surface area (Å²) in [6.07, 6.45) is 1.50. The Morgan fingerprint density at radius 3 is 2.75 bits per heavy atom. The molecule has 1 saturated heterocycles. The van der Waals surface area contributed by atoms with Gasteiger partial charge in [-0.3, -0.25) is 0 Å². The third kappa shape index (κ3) is 5.33. The van der Waals surface area contributed by atoms with E-state index in [1.165, 1.54) is 18.2 Å². The molecule has 0 amide bonds.